The number of aromatic hydroxyl groups is 1. The summed E-state index contributed by atoms with van der Waals surface area (Å²) < 4.78 is 1.09. The van der Waals surface area contributed by atoms with Crippen LogP contribution in [0.5, 0.6) is 5.75 Å². The molecule has 148 valence electrons. The maximum absolute atomic E-state index is 12.7. The molecule has 0 unspecified atom stereocenters. The van der Waals surface area contributed by atoms with Gasteiger partial charge < -0.3 is 20.2 Å². The minimum Gasteiger partial charge on any atom is -0.506 e. The summed E-state index contributed by atoms with van der Waals surface area (Å²) in [7, 11) is 0. The number of nitrogens with one attached hydrogen (secondary N) is 1. The molecule has 0 radical (unpaired) electrons. The van der Waals surface area contributed by atoms with E-state index in [1.807, 2.05) is 29.2 Å². The molecule has 0 atom stereocenters. The van der Waals surface area contributed by atoms with Gasteiger partial charge in [-0.1, -0.05) is 46.6 Å². The van der Waals surface area contributed by atoms with E-state index in [1.165, 1.54) is 12.0 Å². The van der Waals surface area contributed by atoms with E-state index in [0.717, 1.165) is 36.1 Å². The van der Waals surface area contributed by atoms with Gasteiger partial charge in [0.1, 0.15) is 5.75 Å². The fraction of sp³-hybridized carbons (Fsp3) is 0.409. The maximum atomic E-state index is 12.7. The summed E-state index contributed by atoms with van der Waals surface area (Å²) in [6.45, 7) is 3.44. The van der Waals surface area contributed by atoms with Gasteiger partial charge in [0.2, 0.25) is 0 Å². The summed E-state index contributed by atoms with van der Waals surface area (Å²) in [4.78, 5) is 16.7. The first kappa shape index (κ1) is 19.1. The van der Waals surface area contributed by atoms with E-state index in [9.17, 15) is 9.90 Å². The maximum Gasteiger partial charge on any atom is 0.317 e. The van der Waals surface area contributed by atoms with Crippen molar-refractivity contribution < 1.29 is 9.90 Å². The number of piperazine rings is 1. The fourth-order valence-corrected chi connectivity index (χ4v) is 4.63. The van der Waals surface area contributed by atoms with Gasteiger partial charge in [0.15, 0.2) is 0 Å². The van der Waals surface area contributed by atoms with E-state index < -0.39 is 0 Å². The first-order valence-corrected chi connectivity index (χ1v) is 10.7. The molecule has 2 amide bonds. The Morgan fingerprint density at radius 3 is 2.46 bits per heavy atom. The molecule has 4 rings (SSSR count). The number of phenolic OH excluding ortho intramolecular Hbond substituents is 1. The number of anilines is 1. The SMILES string of the molecule is O=C(NCC1(c2cccc(Br)c2)CCC1)N1CCN(c2ccccc2O)CC1. The number of phenols is 1. The molecule has 28 heavy (non-hydrogen) atoms. The lowest BCUT2D eigenvalue weighted by Crippen LogP contribution is -2.54. The van der Waals surface area contributed by atoms with Crippen molar-refractivity contribution in [3.8, 4) is 5.75 Å². The molecule has 1 aliphatic heterocycles. The quantitative estimate of drug-likeness (QED) is 0.747. The Morgan fingerprint density at radius 2 is 1.82 bits per heavy atom. The number of carbonyl (C=O) groups is 1. The van der Waals surface area contributed by atoms with Gasteiger partial charge in [0, 0.05) is 42.6 Å². The largest absolute Gasteiger partial charge is 0.506 e. The van der Waals surface area contributed by atoms with Crippen molar-refractivity contribution in [3.05, 3.63) is 58.6 Å². The van der Waals surface area contributed by atoms with Crippen molar-refractivity contribution in [2.75, 3.05) is 37.6 Å². The molecular formula is C22H26BrN3O2. The molecule has 0 aromatic heterocycles. The summed E-state index contributed by atoms with van der Waals surface area (Å²) in [6, 6.07) is 15.8. The first-order chi connectivity index (χ1) is 13.6. The van der Waals surface area contributed by atoms with E-state index in [2.05, 4.69) is 44.3 Å². The van der Waals surface area contributed by atoms with Crippen LogP contribution < -0.4 is 10.2 Å². The number of hydrogen-bond donors (Lipinski definition) is 2. The van der Waals surface area contributed by atoms with Crippen LogP contribution in [0.25, 0.3) is 0 Å². The molecule has 1 saturated heterocycles. The van der Waals surface area contributed by atoms with Crippen LogP contribution in [0.2, 0.25) is 0 Å². The van der Waals surface area contributed by atoms with Gasteiger partial charge in [-0.3, -0.25) is 0 Å². The van der Waals surface area contributed by atoms with E-state index in [4.69, 9.17) is 0 Å². The highest BCUT2D eigenvalue weighted by Gasteiger charge is 2.39. The van der Waals surface area contributed by atoms with E-state index in [-0.39, 0.29) is 11.4 Å². The van der Waals surface area contributed by atoms with E-state index in [0.29, 0.717) is 25.4 Å². The number of amides is 2. The first-order valence-electron chi connectivity index (χ1n) is 9.89. The number of urea groups is 1. The lowest BCUT2D eigenvalue weighted by atomic mass is 9.64. The highest BCUT2D eigenvalue weighted by atomic mass is 79.9. The second kappa shape index (κ2) is 8.03. The fourth-order valence-electron chi connectivity index (χ4n) is 4.23. The average molecular weight is 444 g/mol. The number of benzene rings is 2. The summed E-state index contributed by atoms with van der Waals surface area (Å²) in [6.07, 6.45) is 3.44. The Hall–Kier alpha value is -2.21. The standard InChI is InChI=1S/C22H26BrN3O2/c23-18-6-3-5-17(15-18)22(9-4-10-22)16-24-21(28)26-13-11-25(12-14-26)19-7-1-2-8-20(19)27/h1-3,5-8,15,27H,4,9-14,16H2,(H,24,28). The zero-order valence-electron chi connectivity index (χ0n) is 15.9. The Bertz CT molecular complexity index is 845. The van der Waals surface area contributed by atoms with Crippen LogP contribution >= 0.6 is 15.9 Å². The molecule has 2 aromatic carbocycles. The van der Waals surface area contributed by atoms with Gasteiger partial charge in [-0.05, 0) is 42.7 Å². The highest BCUT2D eigenvalue weighted by molar-refractivity contribution is 9.10. The molecule has 0 spiro atoms. The number of rotatable bonds is 4. The molecular weight excluding hydrogens is 418 g/mol. The van der Waals surface area contributed by atoms with Crippen molar-refractivity contribution in [3.63, 3.8) is 0 Å². The number of nitrogens with zero attached hydrogens (tertiary/aromatic N) is 2. The third-order valence-electron chi connectivity index (χ3n) is 6.11. The van der Waals surface area contributed by atoms with Gasteiger partial charge >= 0.3 is 6.03 Å². The zero-order chi connectivity index (χ0) is 19.6. The number of hydrogen-bond acceptors (Lipinski definition) is 3. The number of halogens is 1. The van der Waals surface area contributed by atoms with Crippen LogP contribution in [-0.4, -0.2) is 48.8 Å². The number of carbonyl (C=O) groups excluding carboxylic acids is 1. The summed E-state index contributed by atoms with van der Waals surface area (Å²) >= 11 is 3.56. The monoisotopic (exact) mass is 443 g/mol. The van der Waals surface area contributed by atoms with Crippen molar-refractivity contribution in [1.29, 1.82) is 0 Å². The minimum absolute atomic E-state index is 0.0122. The van der Waals surface area contributed by atoms with Gasteiger partial charge in [-0.2, -0.15) is 0 Å². The van der Waals surface area contributed by atoms with Crippen molar-refractivity contribution in [2.24, 2.45) is 0 Å². The van der Waals surface area contributed by atoms with E-state index in [1.54, 1.807) is 6.07 Å². The van der Waals surface area contributed by atoms with Crippen LogP contribution in [0.1, 0.15) is 24.8 Å². The third kappa shape index (κ3) is 3.83. The van der Waals surface area contributed by atoms with Crippen LogP contribution in [0.3, 0.4) is 0 Å². The average Bonchev–Trinajstić information content (AvgIpc) is 2.68. The topological polar surface area (TPSA) is 55.8 Å². The molecule has 2 fully saturated rings. The Kier molecular flexibility index (Phi) is 5.49. The third-order valence-corrected chi connectivity index (χ3v) is 6.61. The molecule has 6 heteroatoms. The van der Waals surface area contributed by atoms with Gasteiger partial charge in [0.25, 0.3) is 0 Å². The van der Waals surface area contributed by atoms with Crippen LogP contribution in [0, 0.1) is 0 Å². The summed E-state index contributed by atoms with van der Waals surface area (Å²) in [5.74, 6) is 0.293. The molecule has 1 saturated carbocycles. The van der Waals surface area contributed by atoms with Crippen molar-refractivity contribution >= 4 is 27.6 Å². The molecule has 1 aliphatic carbocycles. The molecule has 1 heterocycles. The number of para-hydroxylation sites is 2. The Morgan fingerprint density at radius 1 is 1.07 bits per heavy atom. The van der Waals surface area contributed by atoms with Gasteiger partial charge in [-0.15, -0.1) is 0 Å². The molecule has 2 aliphatic rings. The molecule has 0 bridgehead atoms. The Balaban J connectivity index is 1.33. The van der Waals surface area contributed by atoms with Crippen LogP contribution in [-0.2, 0) is 5.41 Å². The van der Waals surface area contributed by atoms with Gasteiger partial charge in [0.05, 0.1) is 5.69 Å². The Labute approximate surface area is 174 Å². The molecule has 2 N–H and O–H groups in total. The predicted molar refractivity (Wildman–Crippen MR) is 115 cm³/mol. The van der Waals surface area contributed by atoms with Crippen LogP contribution in [0.15, 0.2) is 53.0 Å². The van der Waals surface area contributed by atoms with Crippen molar-refractivity contribution in [1.82, 2.24) is 10.2 Å². The molecule has 5 nitrogen and oxygen atoms in total. The minimum atomic E-state index is 0.0122. The second-order valence-corrected chi connectivity index (χ2v) is 8.68. The lowest BCUT2D eigenvalue weighted by molar-refractivity contribution is 0.180. The molecule has 2 aromatic rings. The summed E-state index contributed by atoms with van der Waals surface area (Å²) in [5.41, 5.74) is 2.21. The normalized spacial score (nSPS) is 18.5. The lowest BCUT2D eigenvalue weighted by Gasteiger charge is -2.43. The van der Waals surface area contributed by atoms with E-state index >= 15 is 0 Å². The zero-order valence-corrected chi connectivity index (χ0v) is 17.5. The second-order valence-electron chi connectivity index (χ2n) is 7.77. The van der Waals surface area contributed by atoms with Crippen LogP contribution in [0.4, 0.5) is 10.5 Å². The smallest absolute Gasteiger partial charge is 0.317 e. The highest BCUT2D eigenvalue weighted by Crippen LogP contribution is 2.43. The van der Waals surface area contributed by atoms with Crippen molar-refractivity contribution in [2.45, 2.75) is 24.7 Å². The predicted octanol–water partition coefficient (Wildman–Crippen LogP) is 4.11. The summed E-state index contributed by atoms with van der Waals surface area (Å²) in [5, 5.41) is 13.2. The van der Waals surface area contributed by atoms with Gasteiger partial charge in [-0.25, -0.2) is 4.79 Å².